The van der Waals surface area contributed by atoms with Crippen molar-refractivity contribution in [2.75, 3.05) is 25.1 Å². The first kappa shape index (κ1) is 24.8. The van der Waals surface area contributed by atoms with Crippen molar-refractivity contribution in [3.63, 3.8) is 0 Å². The molecular weight excluding hydrogens is 412 g/mol. The molecule has 0 aliphatic carbocycles. The van der Waals surface area contributed by atoms with Gasteiger partial charge >= 0.3 is 6.09 Å². The summed E-state index contributed by atoms with van der Waals surface area (Å²) in [5.74, 6) is -0.541. The van der Waals surface area contributed by atoms with Crippen LogP contribution >= 0.6 is 0 Å². The lowest BCUT2D eigenvalue weighted by Gasteiger charge is -2.29. The average Bonchev–Trinajstić information content (AvgIpc) is 3.18. The van der Waals surface area contributed by atoms with Crippen molar-refractivity contribution < 1.29 is 14.3 Å². The topological polar surface area (TPSA) is 49.9 Å². The van der Waals surface area contributed by atoms with E-state index in [2.05, 4.69) is 71.7 Å². The number of ether oxygens (including phenoxy) is 1. The zero-order chi connectivity index (χ0) is 24.6. The maximum atomic E-state index is 12.9. The molecule has 5 nitrogen and oxygen atoms in total. The number of anilines is 2. The number of carbonyl (C=O) groups excluding carboxylic acids is 2. The highest BCUT2D eigenvalue weighted by Gasteiger charge is 2.33. The Labute approximate surface area is 198 Å². The van der Waals surface area contributed by atoms with Crippen LogP contribution in [0.15, 0.2) is 42.5 Å². The van der Waals surface area contributed by atoms with Gasteiger partial charge in [0.1, 0.15) is 6.61 Å². The number of hydrogen-bond donors (Lipinski definition) is 0. The van der Waals surface area contributed by atoms with Crippen LogP contribution in [-0.2, 0) is 20.4 Å². The molecule has 2 aromatic carbocycles. The van der Waals surface area contributed by atoms with Crippen LogP contribution in [0.25, 0.3) is 0 Å². The van der Waals surface area contributed by atoms with Crippen LogP contribution < -0.4 is 4.90 Å². The normalized spacial score (nSPS) is 15.4. The molecule has 2 aromatic rings. The van der Waals surface area contributed by atoms with Gasteiger partial charge in [-0.25, -0.2) is 9.69 Å². The maximum Gasteiger partial charge on any atom is 0.416 e. The van der Waals surface area contributed by atoms with Crippen molar-refractivity contribution in [1.82, 2.24) is 4.90 Å². The van der Waals surface area contributed by atoms with E-state index in [1.807, 2.05) is 31.2 Å². The molecule has 1 fully saturated rings. The third-order valence-corrected chi connectivity index (χ3v) is 6.45. The lowest BCUT2D eigenvalue weighted by Crippen LogP contribution is -2.35. The minimum atomic E-state index is -0.539. The molecule has 0 N–H and O–H groups in total. The lowest BCUT2D eigenvalue weighted by molar-refractivity contribution is -0.129. The predicted octanol–water partition coefficient (Wildman–Crippen LogP) is 6.52. The predicted molar refractivity (Wildman–Crippen MR) is 134 cm³/mol. The van der Waals surface area contributed by atoms with Gasteiger partial charge in [0, 0.05) is 18.4 Å². The second-order valence-corrected chi connectivity index (χ2v) is 11.0. The number of imide groups is 1. The Bertz CT molecular complexity index is 981. The van der Waals surface area contributed by atoms with Gasteiger partial charge in [-0.2, -0.15) is 0 Å². The summed E-state index contributed by atoms with van der Waals surface area (Å²) in [6, 6.07) is 14.9. The molecular formula is C28H38N2O3. The summed E-state index contributed by atoms with van der Waals surface area (Å²) in [7, 11) is 2.08. The Kier molecular flexibility index (Phi) is 6.92. The van der Waals surface area contributed by atoms with E-state index in [0.717, 1.165) is 16.9 Å². The smallest absolute Gasteiger partial charge is 0.416 e. The van der Waals surface area contributed by atoms with E-state index >= 15 is 0 Å². The Morgan fingerprint density at radius 2 is 1.52 bits per heavy atom. The first-order valence-corrected chi connectivity index (χ1v) is 11.8. The second kappa shape index (κ2) is 9.20. The number of nitrogens with zero attached hydrogens (tertiary/aromatic N) is 2. The molecule has 1 unspecified atom stereocenters. The number of carbonyl (C=O) groups is 2. The van der Waals surface area contributed by atoms with Crippen LogP contribution in [0.1, 0.15) is 77.5 Å². The van der Waals surface area contributed by atoms with Crippen LogP contribution in [0.2, 0.25) is 0 Å². The quantitative estimate of drug-likeness (QED) is 0.520. The zero-order valence-electron chi connectivity index (χ0n) is 21.4. The van der Waals surface area contributed by atoms with Crippen LogP contribution in [0.3, 0.4) is 0 Å². The van der Waals surface area contributed by atoms with Gasteiger partial charge in [-0.15, -0.1) is 0 Å². The fourth-order valence-electron chi connectivity index (χ4n) is 4.08. The summed E-state index contributed by atoms with van der Waals surface area (Å²) >= 11 is 0. The Morgan fingerprint density at radius 3 is 1.94 bits per heavy atom. The van der Waals surface area contributed by atoms with E-state index in [1.54, 1.807) is 0 Å². The molecule has 1 atom stereocenters. The van der Waals surface area contributed by atoms with Crippen molar-refractivity contribution in [1.29, 1.82) is 0 Å². The summed E-state index contributed by atoms with van der Waals surface area (Å²) in [4.78, 5) is 28.2. The third kappa shape index (κ3) is 5.40. The van der Waals surface area contributed by atoms with Gasteiger partial charge in [-0.3, -0.25) is 4.79 Å². The highest BCUT2D eigenvalue weighted by Crippen LogP contribution is 2.35. The maximum absolute atomic E-state index is 12.9. The number of amides is 2. The van der Waals surface area contributed by atoms with Crippen LogP contribution in [0.5, 0.6) is 0 Å². The van der Waals surface area contributed by atoms with E-state index < -0.39 is 6.09 Å². The molecule has 0 spiro atoms. The molecule has 3 rings (SSSR count). The molecule has 0 aromatic heterocycles. The third-order valence-electron chi connectivity index (χ3n) is 6.45. The fraction of sp³-hybridized carbons (Fsp3) is 0.500. The molecule has 0 bridgehead atoms. The number of cyclic esters (lactones) is 1. The van der Waals surface area contributed by atoms with Crippen LogP contribution in [0, 0.1) is 0 Å². The molecule has 178 valence electrons. The van der Waals surface area contributed by atoms with Gasteiger partial charge in [0.05, 0.1) is 12.5 Å². The van der Waals surface area contributed by atoms with E-state index in [4.69, 9.17) is 4.74 Å². The van der Waals surface area contributed by atoms with Gasteiger partial charge in [-0.1, -0.05) is 66.7 Å². The Balaban J connectivity index is 1.90. The van der Waals surface area contributed by atoms with Crippen molar-refractivity contribution >= 4 is 23.4 Å². The van der Waals surface area contributed by atoms with E-state index in [0.29, 0.717) is 13.0 Å². The van der Waals surface area contributed by atoms with Crippen molar-refractivity contribution in [2.45, 2.75) is 71.6 Å². The van der Waals surface area contributed by atoms with Crippen molar-refractivity contribution in [2.24, 2.45) is 0 Å². The summed E-state index contributed by atoms with van der Waals surface area (Å²) in [5, 5.41) is 0. The highest BCUT2D eigenvalue weighted by molar-refractivity contribution is 5.96. The lowest BCUT2D eigenvalue weighted by atomic mass is 9.80. The minimum Gasteiger partial charge on any atom is -0.447 e. The molecule has 5 heteroatoms. The average molecular weight is 451 g/mol. The minimum absolute atomic E-state index is 0.0478. The molecule has 1 saturated heterocycles. The van der Waals surface area contributed by atoms with E-state index in [1.165, 1.54) is 16.0 Å². The first-order valence-electron chi connectivity index (χ1n) is 11.8. The highest BCUT2D eigenvalue weighted by atomic mass is 16.6. The van der Waals surface area contributed by atoms with Crippen molar-refractivity contribution in [3.8, 4) is 0 Å². The molecule has 33 heavy (non-hydrogen) atoms. The SMILES string of the molecule is CCC(C(=O)N1CCOC1=O)c1ccc(N(C)c2cc(C(C)(C)C)cc(C(C)(C)C)c2)cc1. The largest absolute Gasteiger partial charge is 0.447 e. The monoisotopic (exact) mass is 450 g/mol. The number of rotatable bonds is 5. The van der Waals surface area contributed by atoms with Gasteiger partial charge in [0.25, 0.3) is 0 Å². The summed E-state index contributed by atoms with van der Waals surface area (Å²) in [6.07, 6.45) is 0.0867. The van der Waals surface area contributed by atoms with Crippen LogP contribution in [-0.4, -0.2) is 37.1 Å². The first-order chi connectivity index (χ1) is 15.3. The fourth-order valence-corrected chi connectivity index (χ4v) is 4.08. The standard InChI is InChI=1S/C28H38N2O3/c1-9-24(25(31)30-14-15-33-26(30)32)19-10-12-22(13-11-19)29(8)23-17-20(27(2,3)4)16-21(18-23)28(5,6)7/h10-13,16-18,24H,9,14-15H2,1-8H3. The summed E-state index contributed by atoms with van der Waals surface area (Å²) in [6.45, 7) is 16.0. The van der Waals surface area contributed by atoms with Crippen molar-refractivity contribution in [3.05, 3.63) is 59.2 Å². The van der Waals surface area contributed by atoms with Gasteiger partial charge in [0.2, 0.25) is 5.91 Å². The number of benzene rings is 2. The molecule has 2 amide bonds. The molecule has 1 aliphatic rings. The van der Waals surface area contributed by atoms with Gasteiger partial charge < -0.3 is 9.64 Å². The number of hydrogen-bond acceptors (Lipinski definition) is 4. The summed E-state index contributed by atoms with van der Waals surface area (Å²) in [5.41, 5.74) is 5.82. The van der Waals surface area contributed by atoms with Gasteiger partial charge in [-0.05, 0) is 58.2 Å². The van der Waals surface area contributed by atoms with E-state index in [9.17, 15) is 9.59 Å². The zero-order valence-corrected chi connectivity index (χ0v) is 21.4. The summed E-state index contributed by atoms with van der Waals surface area (Å²) < 4.78 is 4.94. The molecule has 0 radical (unpaired) electrons. The second-order valence-electron chi connectivity index (χ2n) is 11.0. The van der Waals surface area contributed by atoms with E-state index in [-0.39, 0.29) is 29.3 Å². The van der Waals surface area contributed by atoms with Crippen LogP contribution in [0.4, 0.5) is 16.2 Å². The Morgan fingerprint density at radius 1 is 0.970 bits per heavy atom. The molecule has 0 saturated carbocycles. The Hall–Kier alpha value is -2.82. The molecule has 1 heterocycles. The van der Waals surface area contributed by atoms with Gasteiger partial charge in [0.15, 0.2) is 0 Å². The molecule has 1 aliphatic heterocycles.